The van der Waals surface area contributed by atoms with Crippen LogP contribution in [0, 0.1) is 0 Å². The van der Waals surface area contributed by atoms with Crippen molar-refractivity contribution in [2.75, 3.05) is 18.5 Å². The highest BCUT2D eigenvalue weighted by molar-refractivity contribution is 6.16. The zero-order valence-electron chi connectivity index (χ0n) is 8.00. The molecule has 0 bridgehead atoms. The topological polar surface area (TPSA) is 29.0 Å². The quantitative estimate of drug-likeness (QED) is 0.696. The number of aromatic nitrogens is 2. The Kier molecular flexibility index (Phi) is 3.96. The van der Waals surface area contributed by atoms with Gasteiger partial charge in [0, 0.05) is 13.6 Å². The molecular formula is C9H14ClN3. The molecule has 1 rings (SSSR count). The molecule has 0 N–H and O–H groups in total. The van der Waals surface area contributed by atoms with Crippen molar-refractivity contribution in [2.45, 2.75) is 19.2 Å². The summed E-state index contributed by atoms with van der Waals surface area (Å²) in [5, 5.41) is 8.04. The maximum Gasteiger partial charge on any atom is 0.150 e. The Morgan fingerprint density at radius 3 is 2.62 bits per heavy atom. The highest BCUT2D eigenvalue weighted by atomic mass is 35.5. The Hall–Kier alpha value is -0.830. The minimum absolute atomic E-state index is 0.421. The molecule has 0 aliphatic heterocycles. The molecule has 0 saturated carbocycles. The van der Waals surface area contributed by atoms with E-state index in [1.54, 1.807) is 0 Å². The molecule has 0 radical (unpaired) electrons. The van der Waals surface area contributed by atoms with E-state index in [0.717, 1.165) is 24.5 Å². The van der Waals surface area contributed by atoms with Gasteiger partial charge in [-0.1, -0.05) is 6.92 Å². The Balaban J connectivity index is 2.67. The number of rotatable bonds is 4. The minimum Gasteiger partial charge on any atom is -0.358 e. The number of hydrogen-bond donors (Lipinski definition) is 0. The van der Waals surface area contributed by atoms with Crippen LogP contribution in [0.15, 0.2) is 12.1 Å². The third-order valence-corrected chi connectivity index (χ3v) is 2.07. The van der Waals surface area contributed by atoms with Crippen LogP contribution in [0.3, 0.4) is 0 Å². The molecule has 0 atom stereocenters. The first kappa shape index (κ1) is 10.3. The van der Waals surface area contributed by atoms with Gasteiger partial charge in [-0.25, -0.2) is 0 Å². The van der Waals surface area contributed by atoms with E-state index in [1.807, 2.05) is 19.2 Å². The third kappa shape index (κ3) is 2.84. The second-order valence-corrected chi connectivity index (χ2v) is 3.21. The van der Waals surface area contributed by atoms with Crippen molar-refractivity contribution in [3.63, 3.8) is 0 Å². The highest BCUT2D eigenvalue weighted by Gasteiger charge is 2.01. The van der Waals surface area contributed by atoms with Crippen LogP contribution in [0.5, 0.6) is 0 Å². The fourth-order valence-electron chi connectivity index (χ4n) is 1.08. The largest absolute Gasteiger partial charge is 0.358 e. The fraction of sp³-hybridized carbons (Fsp3) is 0.556. The van der Waals surface area contributed by atoms with Crippen molar-refractivity contribution >= 4 is 17.4 Å². The molecule has 13 heavy (non-hydrogen) atoms. The number of hydrogen-bond acceptors (Lipinski definition) is 3. The summed E-state index contributed by atoms with van der Waals surface area (Å²) < 4.78 is 0. The average Bonchev–Trinajstić information content (AvgIpc) is 2.18. The molecule has 1 heterocycles. The molecule has 3 nitrogen and oxygen atoms in total. The first-order valence-corrected chi connectivity index (χ1v) is 4.91. The van der Waals surface area contributed by atoms with E-state index in [0.29, 0.717) is 5.88 Å². The van der Waals surface area contributed by atoms with Gasteiger partial charge < -0.3 is 4.90 Å². The van der Waals surface area contributed by atoms with Gasteiger partial charge in [0.25, 0.3) is 0 Å². The van der Waals surface area contributed by atoms with E-state index in [1.165, 1.54) is 0 Å². The molecule has 0 aliphatic rings. The summed E-state index contributed by atoms with van der Waals surface area (Å²) in [6, 6.07) is 3.85. The summed E-state index contributed by atoms with van der Waals surface area (Å²) >= 11 is 5.60. The lowest BCUT2D eigenvalue weighted by molar-refractivity contribution is 0.815. The van der Waals surface area contributed by atoms with Gasteiger partial charge >= 0.3 is 0 Å². The Morgan fingerprint density at radius 1 is 1.38 bits per heavy atom. The van der Waals surface area contributed by atoms with Gasteiger partial charge in [0.1, 0.15) is 0 Å². The Labute approximate surface area is 83.7 Å². The van der Waals surface area contributed by atoms with E-state index in [4.69, 9.17) is 11.6 Å². The molecule has 1 aromatic heterocycles. The van der Waals surface area contributed by atoms with Crippen LogP contribution in [0.1, 0.15) is 19.0 Å². The van der Waals surface area contributed by atoms with Crippen molar-refractivity contribution in [1.82, 2.24) is 10.2 Å². The fourth-order valence-corrected chi connectivity index (χ4v) is 1.22. The smallest absolute Gasteiger partial charge is 0.150 e. The molecular weight excluding hydrogens is 186 g/mol. The summed E-state index contributed by atoms with van der Waals surface area (Å²) in [6.45, 7) is 3.13. The van der Waals surface area contributed by atoms with Gasteiger partial charge in [0.05, 0.1) is 11.6 Å². The van der Waals surface area contributed by atoms with Crippen LogP contribution in [0.25, 0.3) is 0 Å². The summed E-state index contributed by atoms with van der Waals surface area (Å²) in [6.07, 6.45) is 1.11. The highest BCUT2D eigenvalue weighted by Crippen LogP contribution is 2.08. The summed E-state index contributed by atoms with van der Waals surface area (Å²) in [4.78, 5) is 2.07. The predicted molar refractivity (Wildman–Crippen MR) is 55.2 cm³/mol. The predicted octanol–water partition coefficient (Wildman–Crippen LogP) is 2.06. The maximum absolute atomic E-state index is 5.60. The minimum atomic E-state index is 0.421. The molecule has 0 amide bonds. The van der Waals surface area contributed by atoms with Crippen LogP contribution < -0.4 is 4.90 Å². The molecule has 0 spiro atoms. The Morgan fingerprint density at radius 2 is 2.15 bits per heavy atom. The van der Waals surface area contributed by atoms with Crippen molar-refractivity contribution < 1.29 is 0 Å². The van der Waals surface area contributed by atoms with Gasteiger partial charge in [-0.15, -0.1) is 16.7 Å². The monoisotopic (exact) mass is 199 g/mol. The standard InChI is InChI=1S/C9H14ClN3/c1-3-6-13(2)9-5-4-8(7-10)11-12-9/h4-5H,3,6-7H2,1-2H3. The maximum atomic E-state index is 5.60. The third-order valence-electron chi connectivity index (χ3n) is 1.79. The van der Waals surface area contributed by atoms with E-state index in [-0.39, 0.29) is 0 Å². The van der Waals surface area contributed by atoms with Crippen LogP contribution in [-0.4, -0.2) is 23.8 Å². The summed E-state index contributed by atoms with van der Waals surface area (Å²) in [5.41, 5.74) is 0.815. The SMILES string of the molecule is CCCN(C)c1ccc(CCl)nn1. The number of anilines is 1. The van der Waals surface area contributed by atoms with Gasteiger partial charge in [0.2, 0.25) is 0 Å². The normalized spacial score (nSPS) is 10.1. The van der Waals surface area contributed by atoms with E-state index < -0.39 is 0 Å². The molecule has 0 saturated heterocycles. The van der Waals surface area contributed by atoms with Crippen molar-refractivity contribution in [3.8, 4) is 0 Å². The van der Waals surface area contributed by atoms with E-state index in [9.17, 15) is 0 Å². The first-order valence-electron chi connectivity index (χ1n) is 4.37. The van der Waals surface area contributed by atoms with Gasteiger partial charge in [-0.05, 0) is 18.6 Å². The van der Waals surface area contributed by atoms with Gasteiger partial charge in [-0.3, -0.25) is 0 Å². The zero-order valence-corrected chi connectivity index (χ0v) is 8.75. The van der Waals surface area contributed by atoms with Crippen LogP contribution in [0.2, 0.25) is 0 Å². The molecule has 0 fully saturated rings. The number of alkyl halides is 1. The van der Waals surface area contributed by atoms with Crippen molar-refractivity contribution in [2.24, 2.45) is 0 Å². The van der Waals surface area contributed by atoms with Gasteiger partial charge in [0.15, 0.2) is 5.82 Å². The van der Waals surface area contributed by atoms with Crippen molar-refractivity contribution in [3.05, 3.63) is 17.8 Å². The van der Waals surface area contributed by atoms with Crippen LogP contribution >= 0.6 is 11.6 Å². The Bertz CT molecular complexity index is 248. The lowest BCUT2D eigenvalue weighted by Gasteiger charge is -2.15. The van der Waals surface area contributed by atoms with Crippen LogP contribution in [0.4, 0.5) is 5.82 Å². The van der Waals surface area contributed by atoms with E-state index in [2.05, 4.69) is 22.0 Å². The molecule has 0 aliphatic carbocycles. The van der Waals surface area contributed by atoms with Crippen LogP contribution in [-0.2, 0) is 5.88 Å². The molecule has 4 heteroatoms. The second kappa shape index (κ2) is 5.02. The lowest BCUT2D eigenvalue weighted by atomic mass is 10.4. The number of nitrogens with zero attached hydrogens (tertiary/aromatic N) is 3. The van der Waals surface area contributed by atoms with E-state index >= 15 is 0 Å². The van der Waals surface area contributed by atoms with Gasteiger partial charge in [-0.2, -0.15) is 5.10 Å². The van der Waals surface area contributed by atoms with Crippen molar-refractivity contribution in [1.29, 1.82) is 0 Å². The molecule has 0 aromatic carbocycles. The summed E-state index contributed by atoms with van der Waals surface area (Å²) in [7, 11) is 2.01. The summed E-state index contributed by atoms with van der Waals surface area (Å²) in [5.74, 6) is 1.32. The number of halogens is 1. The average molecular weight is 200 g/mol. The molecule has 0 unspecified atom stereocenters. The zero-order chi connectivity index (χ0) is 9.68. The lowest BCUT2D eigenvalue weighted by Crippen LogP contribution is -2.19. The molecule has 72 valence electrons. The molecule has 1 aromatic rings. The first-order chi connectivity index (χ1) is 6.27. The second-order valence-electron chi connectivity index (χ2n) is 2.94.